The van der Waals surface area contributed by atoms with Crippen LogP contribution in [0.5, 0.6) is 0 Å². The van der Waals surface area contributed by atoms with Crippen molar-refractivity contribution in [1.82, 2.24) is 14.8 Å². The van der Waals surface area contributed by atoms with Gasteiger partial charge in [-0.2, -0.15) is 0 Å². The SMILES string of the molecule is CCCN1CCN(C(=O)CC)C[C@H](Cc2cccc(-c3ccncc3)c2)C1=O. The van der Waals surface area contributed by atoms with Gasteiger partial charge in [-0.25, -0.2) is 0 Å². The van der Waals surface area contributed by atoms with Gasteiger partial charge in [0.05, 0.1) is 5.92 Å². The lowest BCUT2D eigenvalue weighted by Crippen LogP contribution is -2.38. The topological polar surface area (TPSA) is 53.5 Å². The van der Waals surface area contributed by atoms with Gasteiger partial charge in [-0.3, -0.25) is 14.6 Å². The van der Waals surface area contributed by atoms with Crippen molar-refractivity contribution in [2.75, 3.05) is 26.2 Å². The first-order chi connectivity index (χ1) is 13.6. The van der Waals surface area contributed by atoms with Gasteiger partial charge in [-0.05, 0) is 41.7 Å². The summed E-state index contributed by atoms with van der Waals surface area (Å²) in [5.41, 5.74) is 3.35. The summed E-state index contributed by atoms with van der Waals surface area (Å²) in [5.74, 6) is 0.0986. The van der Waals surface area contributed by atoms with Gasteiger partial charge >= 0.3 is 0 Å². The van der Waals surface area contributed by atoms with Gasteiger partial charge in [0, 0.05) is 45.0 Å². The Bertz CT molecular complexity index is 807. The fraction of sp³-hybridized carbons (Fsp3) is 0.435. The lowest BCUT2D eigenvalue weighted by atomic mass is 9.95. The molecule has 0 aliphatic carbocycles. The minimum atomic E-state index is -0.197. The molecular weight excluding hydrogens is 350 g/mol. The second-order valence-electron chi connectivity index (χ2n) is 7.36. The molecule has 5 nitrogen and oxygen atoms in total. The maximum absolute atomic E-state index is 13.1. The molecule has 0 spiro atoms. The largest absolute Gasteiger partial charge is 0.341 e. The lowest BCUT2D eigenvalue weighted by molar-refractivity contribution is -0.135. The van der Waals surface area contributed by atoms with E-state index in [1.165, 1.54) is 0 Å². The van der Waals surface area contributed by atoms with Gasteiger partial charge < -0.3 is 9.80 Å². The Balaban J connectivity index is 1.83. The first-order valence-electron chi connectivity index (χ1n) is 10.2. The fourth-order valence-corrected chi connectivity index (χ4v) is 3.85. The quantitative estimate of drug-likeness (QED) is 0.773. The number of hydrogen-bond donors (Lipinski definition) is 0. The van der Waals surface area contributed by atoms with Crippen LogP contribution in [0.15, 0.2) is 48.8 Å². The minimum absolute atomic E-state index is 0.127. The van der Waals surface area contributed by atoms with E-state index < -0.39 is 0 Å². The Morgan fingerprint density at radius 3 is 2.61 bits per heavy atom. The van der Waals surface area contributed by atoms with Crippen LogP contribution in [0.25, 0.3) is 11.1 Å². The van der Waals surface area contributed by atoms with Crippen LogP contribution in [0.2, 0.25) is 0 Å². The third-order valence-corrected chi connectivity index (χ3v) is 5.31. The number of benzene rings is 1. The van der Waals surface area contributed by atoms with Crippen molar-refractivity contribution in [2.45, 2.75) is 33.1 Å². The fourth-order valence-electron chi connectivity index (χ4n) is 3.85. The second kappa shape index (κ2) is 9.49. The summed E-state index contributed by atoms with van der Waals surface area (Å²) in [4.78, 5) is 33.3. The Morgan fingerprint density at radius 2 is 1.89 bits per heavy atom. The molecule has 0 bridgehead atoms. The number of hydrogen-bond acceptors (Lipinski definition) is 3. The molecule has 0 radical (unpaired) electrons. The van der Waals surface area contributed by atoms with Crippen molar-refractivity contribution in [3.05, 3.63) is 54.4 Å². The average molecular weight is 380 g/mol. The molecule has 28 heavy (non-hydrogen) atoms. The van der Waals surface area contributed by atoms with Gasteiger partial charge in [-0.1, -0.05) is 38.1 Å². The van der Waals surface area contributed by atoms with Gasteiger partial charge in [0.15, 0.2) is 0 Å². The number of nitrogens with zero attached hydrogens (tertiary/aromatic N) is 3. The monoisotopic (exact) mass is 379 g/mol. The van der Waals surface area contributed by atoms with Crippen LogP contribution in [0.1, 0.15) is 32.3 Å². The van der Waals surface area contributed by atoms with Crippen LogP contribution in [0.3, 0.4) is 0 Å². The molecule has 3 rings (SSSR count). The van der Waals surface area contributed by atoms with Crippen molar-refractivity contribution >= 4 is 11.8 Å². The first kappa shape index (κ1) is 20.1. The van der Waals surface area contributed by atoms with Crippen LogP contribution in [-0.4, -0.2) is 52.8 Å². The van der Waals surface area contributed by atoms with Crippen molar-refractivity contribution in [2.24, 2.45) is 5.92 Å². The number of rotatable bonds is 6. The number of aromatic nitrogens is 1. The van der Waals surface area contributed by atoms with Crippen molar-refractivity contribution < 1.29 is 9.59 Å². The highest BCUT2D eigenvalue weighted by atomic mass is 16.2. The summed E-state index contributed by atoms with van der Waals surface area (Å²) >= 11 is 0. The van der Waals surface area contributed by atoms with Gasteiger partial charge in [0.25, 0.3) is 0 Å². The molecule has 2 heterocycles. The molecule has 1 aromatic carbocycles. The van der Waals surface area contributed by atoms with Crippen LogP contribution in [-0.2, 0) is 16.0 Å². The average Bonchev–Trinajstić information content (AvgIpc) is 2.88. The predicted molar refractivity (Wildman–Crippen MR) is 111 cm³/mol. The van der Waals surface area contributed by atoms with Crippen molar-refractivity contribution in [3.8, 4) is 11.1 Å². The van der Waals surface area contributed by atoms with E-state index in [0.29, 0.717) is 32.5 Å². The molecule has 1 aromatic heterocycles. The van der Waals surface area contributed by atoms with E-state index in [2.05, 4.69) is 30.1 Å². The summed E-state index contributed by atoms with van der Waals surface area (Å²) in [6, 6.07) is 12.3. The van der Waals surface area contributed by atoms with Crippen LogP contribution in [0, 0.1) is 5.92 Å². The third-order valence-electron chi connectivity index (χ3n) is 5.31. The molecule has 5 heteroatoms. The number of carbonyl (C=O) groups is 2. The highest BCUT2D eigenvalue weighted by molar-refractivity contribution is 5.82. The summed E-state index contributed by atoms with van der Waals surface area (Å²) < 4.78 is 0. The maximum Gasteiger partial charge on any atom is 0.227 e. The molecule has 2 aromatic rings. The first-order valence-corrected chi connectivity index (χ1v) is 10.2. The van der Waals surface area contributed by atoms with E-state index in [4.69, 9.17) is 0 Å². The molecule has 1 saturated heterocycles. The zero-order valence-electron chi connectivity index (χ0n) is 16.8. The highest BCUT2D eigenvalue weighted by Crippen LogP contribution is 2.23. The second-order valence-corrected chi connectivity index (χ2v) is 7.36. The van der Waals surface area contributed by atoms with E-state index in [-0.39, 0.29) is 17.7 Å². The summed E-state index contributed by atoms with van der Waals surface area (Å²) in [6.45, 7) is 6.48. The zero-order chi connectivity index (χ0) is 19.9. The van der Waals surface area contributed by atoms with E-state index in [9.17, 15) is 9.59 Å². The maximum atomic E-state index is 13.1. The zero-order valence-corrected chi connectivity index (χ0v) is 16.8. The normalized spacial score (nSPS) is 17.5. The van der Waals surface area contributed by atoms with Gasteiger partial charge in [0.1, 0.15) is 0 Å². The van der Waals surface area contributed by atoms with Crippen LogP contribution < -0.4 is 0 Å². The Hall–Kier alpha value is -2.69. The highest BCUT2D eigenvalue weighted by Gasteiger charge is 2.31. The Morgan fingerprint density at radius 1 is 1.11 bits per heavy atom. The van der Waals surface area contributed by atoms with Gasteiger partial charge in [0.2, 0.25) is 11.8 Å². The van der Waals surface area contributed by atoms with Gasteiger partial charge in [-0.15, -0.1) is 0 Å². The molecule has 1 fully saturated rings. The molecule has 0 saturated carbocycles. The molecule has 2 amide bonds. The predicted octanol–water partition coefficient (Wildman–Crippen LogP) is 3.40. The molecule has 1 aliphatic rings. The van der Waals surface area contributed by atoms with E-state index in [1.54, 1.807) is 12.4 Å². The van der Waals surface area contributed by atoms with Crippen molar-refractivity contribution in [1.29, 1.82) is 0 Å². The van der Waals surface area contributed by atoms with Crippen molar-refractivity contribution in [3.63, 3.8) is 0 Å². The smallest absolute Gasteiger partial charge is 0.227 e. The Labute approximate surface area is 167 Å². The van der Waals surface area contributed by atoms with E-state index >= 15 is 0 Å². The number of amides is 2. The van der Waals surface area contributed by atoms with E-state index in [1.807, 2.05) is 34.9 Å². The Kier molecular flexibility index (Phi) is 6.80. The summed E-state index contributed by atoms with van der Waals surface area (Å²) in [5, 5.41) is 0. The summed E-state index contributed by atoms with van der Waals surface area (Å²) in [7, 11) is 0. The standard InChI is InChI=1S/C23H29N3O2/c1-3-12-25-13-14-26(22(27)4-2)17-21(23(25)28)16-18-6-5-7-20(15-18)19-8-10-24-11-9-19/h5-11,15,21H,3-4,12-14,16-17H2,1-2H3/t21-/m0/s1. The van der Waals surface area contributed by atoms with E-state index in [0.717, 1.165) is 29.7 Å². The molecule has 0 N–H and O–H groups in total. The molecule has 1 atom stereocenters. The molecule has 148 valence electrons. The number of pyridine rings is 1. The third kappa shape index (κ3) is 4.77. The molecule has 0 unspecified atom stereocenters. The minimum Gasteiger partial charge on any atom is -0.341 e. The van der Waals surface area contributed by atoms with Crippen LogP contribution in [0.4, 0.5) is 0 Å². The van der Waals surface area contributed by atoms with Crippen LogP contribution >= 0.6 is 0 Å². The molecule has 1 aliphatic heterocycles. The lowest BCUT2D eigenvalue weighted by Gasteiger charge is -2.24. The molecular formula is C23H29N3O2. The summed E-state index contributed by atoms with van der Waals surface area (Å²) in [6.07, 6.45) is 5.62. The number of carbonyl (C=O) groups excluding carboxylic acids is 2.